The van der Waals surface area contributed by atoms with Gasteiger partial charge in [0.05, 0.1) is 17.5 Å². The van der Waals surface area contributed by atoms with Crippen LogP contribution in [0.25, 0.3) is 0 Å². The van der Waals surface area contributed by atoms with Crippen LogP contribution in [0.1, 0.15) is 34.3 Å². The number of carbonyl (C=O) groups is 3. The Hall–Kier alpha value is -3.09. The summed E-state index contributed by atoms with van der Waals surface area (Å²) in [5.74, 6) is -2.08. The second-order valence-corrected chi connectivity index (χ2v) is 4.75. The zero-order chi connectivity index (χ0) is 16.8. The van der Waals surface area contributed by atoms with Crippen molar-refractivity contribution in [3.05, 3.63) is 54.0 Å². The minimum atomic E-state index is -1.11. The van der Waals surface area contributed by atoms with Gasteiger partial charge in [-0.25, -0.2) is 4.79 Å². The van der Waals surface area contributed by atoms with Gasteiger partial charge in [-0.1, -0.05) is 19.1 Å². The molecule has 0 saturated heterocycles. The quantitative estimate of drug-likeness (QED) is 0.756. The Bertz CT molecular complexity index is 709. The largest absolute Gasteiger partial charge is 0.480 e. The molecule has 7 nitrogen and oxygen atoms in total. The first-order valence-electron chi connectivity index (χ1n) is 7.00. The number of hydrogen-bond acceptors (Lipinski definition) is 4. The Kier molecular flexibility index (Phi) is 5.14. The van der Waals surface area contributed by atoms with E-state index in [1.165, 1.54) is 18.4 Å². The van der Waals surface area contributed by atoms with Crippen molar-refractivity contribution in [1.29, 1.82) is 0 Å². The van der Waals surface area contributed by atoms with Gasteiger partial charge < -0.3 is 20.2 Å². The zero-order valence-electron chi connectivity index (χ0n) is 12.4. The van der Waals surface area contributed by atoms with Crippen molar-refractivity contribution >= 4 is 23.5 Å². The Balaban J connectivity index is 2.18. The monoisotopic (exact) mass is 316 g/mol. The number of amides is 2. The van der Waals surface area contributed by atoms with Gasteiger partial charge in [-0.3, -0.25) is 9.59 Å². The summed E-state index contributed by atoms with van der Waals surface area (Å²) < 4.78 is 4.99. The number of hydrogen-bond donors (Lipinski definition) is 3. The number of para-hydroxylation sites is 1. The second kappa shape index (κ2) is 7.26. The summed E-state index contributed by atoms with van der Waals surface area (Å²) in [7, 11) is 0. The smallest absolute Gasteiger partial charge is 0.326 e. The van der Waals surface area contributed by atoms with Crippen molar-refractivity contribution in [2.24, 2.45) is 0 Å². The van der Waals surface area contributed by atoms with E-state index in [0.29, 0.717) is 0 Å². The van der Waals surface area contributed by atoms with Crippen LogP contribution < -0.4 is 10.6 Å². The number of carbonyl (C=O) groups excluding carboxylic acids is 2. The van der Waals surface area contributed by atoms with Crippen molar-refractivity contribution < 1.29 is 23.9 Å². The lowest BCUT2D eigenvalue weighted by atomic mass is 10.1. The third-order valence-corrected chi connectivity index (χ3v) is 3.18. The van der Waals surface area contributed by atoms with Crippen LogP contribution in [0.5, 0.6) is 0 Å². The highest BCUT2D eigenvalue weighted by atomic mass is 16.4. The first-order valence-corrected chi connectivity index (χ1v) is 7.00. The van der Waals surface area contributed by atoms with Crippen LogP contribution in [0.3, 0.4) is 0 Å². The maximum absolute atomic E-state index is 12.3. The van der Waals surface area contributed by atoms with Crippen LogP contribution in [-0.2, 0) is 4.79 Å². The van der Waals surface area contributed by atoms with Gasteiger partial charge in [0.15, 0.2) is 5.76 Å². The van der Waals surface area contributed by atoms with E-state index < -0.39 is 23.8 Å². The molecule has 0 unspecified atom stereocenters. The second-order valence-electron chi connectivity index (χ2n) is 4.75. The van der Waals surface area contributed by atoms with E-state index in [9.17, 15) is 14.4 Å². The summed E-state index contributed by atoms with van der Waals surface area (Å²) >= 11 is 0. The van der Waals surface area contributed by atoms with E-state index in [2.05, 4.69) is 10.6 Å². The van der Waals surface area contributed by atoms with Gasteiger partial charge in [-0.15, -0.1) is 0 Å². The molecule has 0 aliphatic carbocycles. The van der Waals surface area contributed by atoms with Crippen molar-refractivity contribution in [1.82, 2.24) is 5.32 Å². The summed E-state index contributed by atoms with van der Waals surface area (Å²) in [6, 6.07) is 8.42. The predicted molar refractivity (Wildman–Crippen MR) is 82.3 cm³/mol. The van der Waals surface area contributed by atoms with Crippen molar-refractivity contribution in [2.75, 3.05) is 5.32 Å². The lowest BCUT2D eigenvalue weighted by Gasteiger charge is -2.14. The molecule has 0 spiro atoms. The molecule has 120 valence electrons. The van der Waals surface area contributed by atoms with E-state index in [0.717, 1.165) is 0 Å². The topological polar surface area (TPSA) is 109 Å². The predicted octanol–water partition coefficient (Wildman–Crippen LogP) is 2.12. The van der Waals surface area contributed by atoms with Crippen LogP contribution in [0.2, 0.25) is 0 Å². The Morgan fingerprint density at radius 2 is 1.87 bits per heavy atom. The van der Waals surface area contributed by atoms with Gasteiger partial charge in [-0.2, -0.15) is 0 Å². The molecule has 1 aromatic carbocycles. The number of nitrogens with one attached hydrogen (secondary N) is 2. The van der Waals surface area contributed by atoms with Crippen molar-refractivity contribution in [3.8, 4) is 0 Å². The van der Waals surface area contributed by atoms with Gasteiger partial charge in [0, 0.05) is 0 Å². The van der Waals surface area contributed by atoms with E-state index >= 15 is 0 Å². The molecule has 1 heterocycles. The van der Waals surface area contributed by atoms with Gasteiger partial charge >= 0.3 is 5.97 Å². The standard InChI is InChI=1S/C16H16N2O5/c1-2-11(16(21)22)17-14(19)10-6-3-4-7-12(10)18-15(20)13-8-5-9-23-13/h3-9,11H,2H2,1H3,(H,17,19)(H,18,20)(H,21,22)/t11-/m0/s1. The highest BCUT2D eigenvalue weighted by molar-refractivity contribution is 6.08. The molecule has 0 bridgehead atoms. The van der Waals surface area contributed by atoms with E-state index in [-0.39, 0.29) is 23.4 Å². The molecule has 0 radical (unpaired) electrons. The van der Waals surface area contributed by atoms with Crippen molar-refractivity contribution in [3.63, 3.8) is 0 Å². The van der Waals surface area contributed by atoms with Crippen molar-refractivity contribution in [2.45, 2.75) is 19.4 Å². The molecule has 7 heteroatoms. The third-order valence-electron chi connectivity index (χ3n) is 3.18. The Morgan fingerprint density at radius 1 is 1.13 bits per heavy atom. The molecule has 0 fully saturated rings. The molecule has 2 aromatic rings. The maximum Gasteiger partial charge on any atom is 0.326 e. The summed E-state index contributed by atoms with van der Waals surface area (Å²) in [5, 5.41) is 14.0. The summed E-state index contributed by atoms with van der Waals surface area (Å²) in [5.41, 5.74) is 0.443. The van der Waals surface area contributed by atoms with E-state index in [1.54, 1.807) is 31.2 Å². The molecule has 23 heavy (non-hydrogen) atoms. The average molecular weight is 316 g/mol. The molecule has 3 N–H and O–H groups in total. The fraction of sp³-hybridized carbons (Fsp3) is 0.188. The van der Waals surface area contributed by atoms with Crippen LogP contribution in [0, 0.1) is 0 Å². The SMILES string of the molecule is CC[C@H](NC(=O)c1ccccc1NC(=O)c1ccco1)C(=O)O. The third kappa shape index (κ3) is 3.97. The Morgan fingerprint density at radius 3 is 2.48 bits per heavy atom. The normalized spacial score (nSPS) is 11.5. The van der Waals surface area contributed by atoms with E-state index in [4.69, 9.17) is 9.52 Å². The number of benzene rings is 1. The molecular formula is C16H16N2O5. The summed E-state index contributed by atoms with van der Waals surface area (Å²) in [4.78, 5) is 35.3. The molecule has 0 aliphatic heterocycles. The molecule has 2 amide bonds. The lowest BCUT2D eigenvalue weighted by Crippen LogP contribution is -2.40. The van der Waals surface area contributed by atoms with Crippen LogP contribution >= 0.6 is 0 Å². The average Bonchev–Trinajstić information content (AvgIpc) is 3.07. The number of carboxylic acid groups (broad SMARTS) is 1. The number of furan rings is 1. The van der Waals surface area contributed by atoms with Gasteiger partial charge in [0.2, 0.25) is 0 Å². The first-order chi connectivity index (χ1) is 11.0. The minimum absolute atomic E-state index is 0.109. The van der Waals surface area contributed by atoms with Gasteiger partial charge in [0.25, 0.3) is 11.8 Å². The Labute approximate surface area is 132 Å². The number of rotatable bonds is 6. The highest BCUT2D eigenvalue weighted by Crippen LogP contribution is 2.17. The highest BCUT2D eigenvalue weighted by Gasteiger charge is 2.21. The molecule has 0 saturated carbocycles. The van der Waals surface area contributed by atoms with Crippen LogP contribution in [0.15, 0.2) is 47.1 Å². The molecule has 2 rings (SSSR count). The zero-order valence-corrected chi connectivity index (χ0v) is 12.4. The number of carboxylic acids is 1. The van der Waals surface area contributed by atoms with E-state index in [1.807, 2.05) is 0 Å². The maximum atomic E-state index is 12.3. The van der Waals surface area contributed by atoms with Crippen LogP contribution in [0.4, 0.5) is 5.69 Å². The minimum Gasteiger partial charge on any atom is -0.480 e. The summed E-state index contributed by atoms with van der Waals surface area (Å²) in [6.07, 6.45) is 1.62. The first kappa shape index (κ1) is 16.3. The lowest BCUT2D eigenvalue weighted by molar-refractivity contribution is -0.139. The fourth-order valence-corrected chi connectivity index (χ4v) is 1.96. The fourth-order valence-electron chi connectivity index (χ4n) is 1.96. The number of aliphatic carboxylic acids is 1. The molecule has 1 atom stereocenters. The van der Waals surface area contributed by atoms with Crippen LogP contribution in [-0.4, -0.2) is 28.9 Å². The molecular weight excluding hydrogens is 300 g/mol. The number of anilines is 1. The van der Waals surface area contributed by atoms with Gasteiger partial charge in [0.1, 0.15) is 6.04 Å². The molecule has 0 aliphatic rings. The summed E-state index contributed by atoms with van der Waals surface area (Å²) in [6.45, 7) is 1.66. The van der Waals surface area contributed by atoms with Gasteiger partial charge in [-0.05, 0) is 30.7 Å². The molecule has 1 aromatic heterocycles.